The van der Waals surface area contributed by atoms with Gasteiger partial charge in [-0.1, -0.05) is 12.2 Å². The Kier molecular flexibility index (Phi) is 2.72. The minimum atomic E-state index is -0.748. The van der Waals surface area contributed by atoms with E-state index >= 15 is 0 Å². The van der Waals surface area contributed by atoms with Gasteiger partial charge >= 0.3 is 5.97 Å². The number of carbonyl (C=O) groups is 1. The Balaban J connectivity index is 2.31. The third-order valence-corrected chi connectivity index (χ3v) is 1.49. The zero-order chi connectivity index (χ0) is 8.10. The molecule has 60 valence electrons. The van der Waals surface area contributed by atoms with Crippen molar-refractivity contribution < 1.29 is 9.90 Å². The molecule has 0 spiro atoms. The van der Waals surface area contributed by atoms with Crippen LogP contribution in [0.2, 0.25) is 0 Å². The number of hydrogen-bond acceptors (Lipinski definition) is 2. The van der Waals surface area contributed by atoms with E-state index in [-0.39, 0.29) is 6.42 Å². The minimum absolute atomic E-state index is 0.201. The predicted molar refractivity (Wildman–Crippen MR) is 42.1 cm³/mol. The molecule has 3 nitrogen and oxygen atoms in total. The zero-order valence-corrected chi connectivity index (χ0v) is 6.21. The summed E-state index contributed by atoms with van der Waals surface area (Å²) in [7, 11) is 0. The summed E-state index contributed by atoms with van der Waals surface area (Å²) in [4.78, 5) is 10.2. The molecular formula is C8H11NO2. The molecule has 0 aromatic carbocycles. The lowest BCUT2D eigenvalue weighted by Crippen LogP contribution is -2.16. The maximum atomic E-state index is 10.2. The van der Waals surface area contributed by atoms with Crippen molar-refractivity contribution in [1.29, 1.82) is 0 Å². The molecule has 0 radical (unpaired) electrons. The Morgan fingerprint density at radius 2 is 2.55 bits per heavy atom. The smallest absolute Gasteiger partial charge is 0.303 e. The SMILES string of the molecule is O=C(O)CCC1=CC=CCN1. The summed E-state index contributed by atoms with van der Waals surface area (Å²) >= 11 is 0. The standard InChI is InChI=1S/C8H11NO2/c10-8(11)5-4-7-3-1-2-6-9-7/h1-3,9H,4-6H2,(H,10,11). The van der Waals surface area contributed by atoms with Crippen LogP contribution in [0.5, 0.6) is 0 Å². The number of rotatable bonds is 3. The van der Waals surface area contributed by atoms with Gasteiger partial charge in [0.2, 0.25) is 0 Å². The molecule has 0 saturated heterocycles. The van der Waals surface area contributed by atoms with Gasteiger partial charge in [-0.05, 0) is 12.5 Å². The molecular weight excluding hydrogens is 142 g/mol. The van der Waals surface area contributed by atoms with Gasteiger partial charge in [-0.3, -0.25) is 4.79 Å². The summed E-state index contributed by atoms with van der Waals surface area (Å²) in [5, 5.41) is 11.5. The molecule has 0 aromatic rings. The van der Waals surface area contributed by atoms with E-state index in [1.165, 1.54) is 0 Å². The van der Waals surface area contributed by atoms with Crippen molar-refractivity contribution in [2.75, 3.05) is 6.54 Å². The first-order valence-electron chi connectivity index (χ1n) is 3.60. The second-order valence-electron chi connectivity index (χ2n) is 2.39. The third kappa shape index (κ3) is 2.89. The molecule has 0 atom stereocenters. The summed E-state index contributed by atoms with van der Waals surface area (Å²) in [6, 6.07) is 0. The van der Waals surface area contributed by atoms with E-state index in [4.69, 9.17) is 5.11 Å². The van der Waals surface area contributed by atoms with Gasteiger partial charge < -0.3 is 10.4 Å². The number of carboxylic acids is 1. The van der Waals surface area contributed by atoms with Gasteiger partial charge in [-0.2, -0.15) is 0 Å². The van der Waals surface area contributed by atoms with E-state index in [0.717, 1.165) is 12.2 Å². The first-order valence-corrected chi connectivity index (χ1v) is 3.60. The molecule has 1 aliphatic heterocycles. The van der Waals surface area contributed by atoms with Crippen LogP contribution in [0.25, 0.3) is 0 Å². The highest BCUT2D eigenvalue weighted by Crippen LogP contribution is 2.04. The van der Waals surface area contributed by atoms with E-state index in [0.29, 0.717) is 6.42 Å². The highest BCUT2D eigenvalue weighted by Gasteiger charge is 2.01. The Morgan fingerprint density at radius 1 is 1.73 bits per heavy atom. The molecule has 1 heterocycles. The van der Waals surface area contributed by atoms with Gasteiger partial charge in [0.15, 0.2) is 0 Å². The summed E-state index contributed by atoms with van der Waals surface area (Å²) in [5.41, 5.74) is 1.01. The number of allylic oxidation sites excluding steroid dienone is 3. The second kappa shape index (κ2) is 3.81. The molecule has 1 aliphatic rings. The van der Waals surface area contributed by atoms with E-state index in [1.807, 2.05) is 18.2 Å². The topological polar surface area (TPSA) is 49.3 Å². The van der Waals surface area contributed by atoms with Crippen molar-refractivity contribution in [1.82, 2.24) is 5.32 Å². The van der Waals surface area contributed by atoms with Crippen molar-refractivity contribution in [2.45, 2.75) is 12.8 Å². The fourth-order valence-electron chi connectivity index (χ4n) is 0.915. The molecule has 0 aliphatic carbocycles. The second-order valence-corrected chi connectivity index (χ2v) is 2.39. The van der Waals surface area contributed by atoms with Crippen molar-refractivity contribution in [3.8, 4) is 0 Å². The normalized spacial score (nSPS) is 15.5. The van der Waals surface area contributed by atoms with Crippen molar-refractivity contribution in [2.24, 2.45) is 0 Å². The molecule has 11 heavy (non-hydrogen) atoms. The summed E-state index contributed by atoms with van der Waals surface area (Å²) < 4.78 is 0. The van der Waals surface area contributed by atoms with Crippen LogP contribution in [0.1, 0.15) is 12.8 Å². The van der Waals surface area contributed by atoms with Crippen molar-refractivity contribution in [3.05, 3.63) is 23.9 Å². The molecule has 0 fully saturated rings. The van der Waals surface area contributed by atoms with Crippen LogP contribution in [0.3, 0.4) is 0 Å². The number of dihydropyridines is 1. The van der Waals surface area contributed by atoms with Crippen LogP contribution >= 0.6 is 0 Å². The monoisotopic (exact) mass is 153 g/mol. The number of carboxylic acid groups (broad SMARTS) is 1. The lowest BCUT2D eigenvalue weighted by molar-refractivity contribution is -0.136. The number of hydrogen-bond donors (Lipinski definition) is 2. The van der Waals surface area contributed by atoms with E-state index in [2.05, 4.69) is 5.32 Å². The largest absolute Gasteiger partial charge is 0.481 e. The Morgan fingerprint density at radius 3 is 3.09 bits per heavy atom. The van der Waals surface area contributed by atoms with Crippen LogP contribution in [-0.4, -0.2) is 17.6 Å². The quantitative estimate of drug-likeness (QED) is 0.633. The van der Waals surface area contributed by atoms with Crippen LogP contribution < -0.4 is 5.32 Å². The number of nitrogens with one attached hydrogen (secondary N) is 1. The lowest BCUT2D eigenvalue weighted by atomic mass is 10.2. The summed E-state index contributed by atoms with van der Waals surface area (Å²) in [6.45, 7) is 0.811. The highest BCUT2D eigenvalue weighted by molar-refractivity contribution is 5.67. The van der Waals surface area contributed by atoms with Crippen molar-refractivity contribution >= 4 is 5.97 Å². The lowest BCUT2D eigenvalue weighted by Gasteiger charge is -2.09. The highest BCUT2D eigenvalue weighted by atomic mass is 16.4. The van der Waals surface area contributed by atoms with Gasteiger partial charge in [-0.15, -0.1) is 0 Å². The van der Waals surface area contributed by atoms with Gasteiger partial charge in [0.25, 0.3) is 0 Å². The van der Waals surface area contributed by atoms with Crippen LogP contribution in [0.4, 0.5) is 0 Å². The van der Waals surface area contributed by atoms with Gasteiger partial charge in [0.05, 0.1) is 6.42 Å². The maximum absolute atomic E-state index is 10.2. The molecule has 0 saturated carbocycles. The Labute approximate surface area is 65.4 Å². The molecule has 0 amide bonds. The van der Waals surface area contributed by atoms with Crippen LogP contribution in [0, 0.1) is 0 Å². The first kappa shape index (κ1) is 7.85. The first-order chi connectivity index (χ1) is 5.29. The maximum Gasteiger partial charge on any atom is 0.303 e. The average Bonchev–Trinajstić information content (AvgIpc) is 2.03. The Bertz CT molecular complexity index is 206. The molecule has 0 unspecified atom stereocenters. The Hall–Kier alpha value is -1.25. The zero-order valence-electron chi connectivity index (χ0n) is 6.21. The fourth-order valence-corrected chi connectivity index (χ4v) is 0.915. The van der Waals surface area contributed by atoms with Crippen LogP contribution in [0.15, 0.2) is 23.9 Å². The minimum Gasteiger partial charge on any atom is -0.481 e. The van der Waals surface area contributed by atoms with E-state index in [9.17, 15) is 4.79 Å². The predicted octanol–water partition coefficient (Wildman–Crippen LogP) is 0.895. The number of aliphatic carboxylic acids is 1. The molecule has 3 heteroatoms. The summed E-state index contributed by atoms with van der Waals surface area (Å²) in [5.74, 6) is -0.748. The van der Waals surface area contributed by atoms with E-state index in [1.54, 1.807) is 0 Å². The molecule has 1 rings (SSSR count). The van der Waals surface area contributed by atoms with Crippen molar-refractivity contribution in [3.63, 3.8) is 0 Å². The van der Waals surface area contributed by atoms with Gasteiger partial charge in [-0.25, -0.2) is 0 Å². The summed E-state index contributed by atoms with van der Waals surface area (Å²) in [6.07, 6.45) is 6.64. The third-order valence-electron chi connectivity index (χ3n) is 1.49. The van der Waals surface area contributed by atoms with E-state index < -0.39 is 5.97 Å². The molecule has 0 aromatic heterocycles. The van der Waals surface area contributed by atoms with Gasteiger partial charge in [0, 0.05) is 12.2 Å². The fraction of sp³-hybridized carbons (Fsp3) is 0.375. The van der Waals surface area contributed by atoms with Gasteiger partial charge in [0.1, 0.15) is 0 Å². The molecule has 0 bridgehead atoms. The molecule has 2 N–H and O–H groups in total. The van der Waals surface area contributed by atoms with Crippen LogP contribution in [-0.2, 0) is 4.79 Å². The average molecular weight is 153 g/mol.